The molecule has 6 heteroatoms. The van der Waals surface area contributed by atoms with E-state index in [2.05, 4.69) is 30.8 Å². The second-order valence-corrected chi connectivity index (χ2v) is 8.80. The van der Waals surface area contributed by atoms with Gasteiger partial charge in [-0.3, -0.25) is 14.4 Å². The molecule has 2 saturated heterocycles. The summed E-state index contributed by atoms with van der Waals surface area (Å²) in [6, 6.07) is 18.4. The normalized spacial score (nSPS) is 19.0. The van der Waals surface area contributed by atoms with Gasteiger partial charge < -0.3 is 14.7 Å². The van der Waals surface area contributed by atoms with Crippen molar-refractivity contribution in [1.29, 1.82) is 0 Å². The lowest BCUT2D eigenvalue weighted by atomic mass is 9.94. The minimum atomic E-state index is -0.336. The fourth-order valence-electron chi connectivity index (χ4n) is 4.69. The zero-order valence-electron chi connectivity index (χ0n) is 19.0. The van der Waals surface area contributed by atoms with Crippen molar-refractivity contribution in [3.63, 3.8) is 0 Å². The number of rotatable bonds is 7. The van der Waals surface area contributed by atoms with Gasteiger partial charge in [-0.1, -0.05) is 60.7 Å². The van der Waals surface area contributed by atoms with Gasteiger partial charge in [-0.25, -0.2) is 0 Å². The molecular weight excluding hydrogens is 414 g/mol. The standard InChI is InChI=1S/C27H31N3O3/c1-2-13-28-15-16-30(26(32)20-29-14-7-12-25(29)31)19-24(27(28)33)18-21-8-6-11-23(17-21)22-9-4-3-5-10-22/h2-6,8-11,17,24H,1,7,12-16,18-20H2. The number of carbonyl (C=O) groups is 3. The van der Waals surface area contributed by atoms with Gasteiger partial charge in [0.25, 0.3) is 0 Å². The Morgan fingerprint density at radius 3 is 2.48 bits per heavy atom. The van der Waals surface area contributed by atoms with Gasteiger partial charge >= 0.3 is 0 Å². The van der Waals surface area contributed by atoms with Gasteiger partial charge in [0, 0.05) is 39.1 Å². The summed E-state index contributed by atoms with van der Waals surface area (Å²) in [6.45, 7) is 6.30. The van der Waals surface area contributed by atoms with E-state index in [1.165, 1.54) is 0 Å². The molecule has 2 aromatic rings. The molecule has 0 aromatic heterocycles. The summed E-state index contributed by atoms with van der Waals surface area (Å²) in [5.41, 5.74) is 3.31. The number of carbonyl (C=O) groups excluding carboxylic acids is 3. The highest BCUT2D eigenvalue weighted by atomic mass is 16.2. The lowest BCUT2D eigenvalue weighted by Crippen LogP contribution is -2.43. The predicted molar refractivity (Wildman–Crippen MR) is 128 cm³/mol. The Labute approximate surface area is 195 Å². The fourth-order valence-corrected chi connectivity index (χ4v) is 4.69. The third-order valence-corrected chi connectivity index (χ3v) is 6.46. The number of hydrogen-bond acceptors (Lipinski definition) is 3. The summed E-state index contributed by atoms with van der Waals surface area (Å²) in [5.74, 6) is -0.331. The molecule has 0 N–H and O–H groups in total. The van der Waals surface area contributed by atoms with Crippen molar-refractivity contribution in [2.45, 2.75) is 19.3 Å². The molecular formula is C27H31N3O3. The van der Waals surface area contributed by atoms with E-state index >= 15 is 0 Å². The molecule has 0 radical (unpaired) electrons. The molecule has 33 heavy (non-hydrogen) atoms. The predicted octanol–water partition coefficient (Wildman–Crippen LogP) is 2.99. The van der Waals surface area contributed by atoms with Crippen LogP contribution in [0.3, 0.4) is 0 Å². The second kappa shape index (κ2) is 10.5. The molecule has 2 fully saturated rings. The van der Waals surface area contributed by atoms with Crippen LogP contribution in [-0.2, 0) is 20.8 Å². The molecule has 0 aliphatic carbocycles. The Kier molecular flexibility index (Phi) is 7.23. The molecule has 2 aliphatic rings. The lowest BCUT2D eigenvalue weighted by Gasteiger charge is -2.26. The van der Waals surface area contributed by atoms with Gasteiger partial charge in [-0.05, 0) is 29.5 Å². The summed E-state index contributed by atoms with van der Waals surface area (Å²) in [7, 11) is 0. The average Bonchev–Trinajstić information content (AvgIpc) is 3.17. The zero-order chi connectivity index (χ0) is 23.2. The number of hydrogen-bond donors (Lipinski definition) is 0. The average molecular weight is 446 g/mol. The maximum Gasteiger partial charge on any atom is 0.242 e. The largest absolute Gasteiger partial charge is 0.339 e. The lowest BCUT2D eigenvalue weighted by molar-refractivity contribution is -0.139. The van der Waals surface area contributed by atoms with Crippen molar-refractivity contribution >= 4 is 17.7 Å². The van der Waals surface area contributed by atoms with Crippen LogP contribution < -0.4 is 0 Å². The van der Waals surface area contributed by atoms with Crippen LogP contribution in [0.1, 0.15) is 18.4 Å². The topological polar surface area (TPSA) is 60.9 Å². The van der Waals surface area contributed by atoms with Crippen LogP contribution in [0.2, 0.25) is 0 Å². The number of nitrogens with zero attached hydrogens (tertiary/aromatic N) is 3. The van der Waals surface area contributed by atoms with Gasteiger partial charge in [0.05, 0.1) is 12.5 Å². The molecule has 2 aromatic carbocycles. The maximum absolute atomic E-state index is 13.3. The summed E-state index contributed by atoms with van der Waals surface area (Å²) < 4.78 is 0. The van der Waals surface area contributed by atoms with E-state index in [0.29, 0.717) is 45.6 Å². The van der Waals surface area contributed by atoms with Crippen molar-refractivity contribution in [2.75, 3.05) is 39.3 Å². The Balaban J connectivity index is 1.52. The summed E-state index contributed by atoms with van der Waals surface area (Å²) in [5, 5.41) is 0. The minimum absolute atomic E-state index is 0.0387. The van der Waals surface area contributed by atoms with Gasteiger partial charge in [0.1, 0.15) is 0 Å². The van der Waals surface area contributed by atoms with Gasteiger partial charge in [-0.15, -0.1) is 6.58 Å². The second-order valence-electron chi connectivity index (χ2n) is 8.80. The van der Waals surface area contributed by atoms with Crippen molar-refractivity contribution in [1.82, 2.24) is 14.7 Å². The Bertz CT molecular complexity index is 1020. The molecule has 1 unspecified atom stereocenters. The van der Waals surface area contributed by atoms with E-state index in [9.17, 15) is 14.4 Å². The van der Waals surface area contributed by atoms with Crippen LogP contribution in [0.4, 0.5) is 0 Å². The molecule has 3 amide bonds. The van der Waals surface area contributed by atoms with Crippen LogP contribution in [0.15, 0.2) is 67.3 Å². The van der Waals surface area contributed by atoms with E-state index in [4.69, 9.17) is 0 Å². The first-order valence-electron chi connectivity index (χ1n) is 11.6. The SMILES string of the molecule is C=CCN1CCN(C(=O)CN2CCCC2=O)CC(Cc2cccc(-c3ccccc3)c2)C1=O. The smallest absolute Gasteiger partial charge is 0.242 e. The highest BCUT2D eigenvalue weighted by Crippen LogP contribution is 2.23. The van der Waals surface area contributed by atoms with Crippen LogP contribution >= 0.6 is 0 Å². The van der Waals surface area contributed by atoms with E-state index in [-0.39, 0.29) is 30.2 Å². The van der Waals surface area contributed by atoms with Crippen molar-refractivity contribution < 1.29 is 14.4 Å². The molecule has 2 aliphatic heterocycles. The fraction of sp³-hybridized carbons (Fsp3) is 0.370. The summed E-state index contributed by atoms with van der Waals surface area (Å²) in [4.78, 5) is 43.5. The molecule has 0 saturated carbocycles. The van der Waals surface area contributed by atoms with E-state index < -0.39 is 0 Å². The van der Waals surface area contributed by atoms with E-state index in [1.54, 1.807) is 20.8 Å². The third-order valence-electron chi connectivity index (χ3n) is 6.46. The first-order valence-corrected chi connectivity index (χ1v) is 11.6. The monoisotopic (exact) mass is 445 g/mol. The summed E-state index contributed by atoms with van der Waals surface area (Å²) >= 11 is 0. The number of likely N-dealkylation sites (tertiary alicyclic amines) is 1. The molecule has 1 atom stereocenters. The first kappa shape index (κ1) is 22.8. The molecule has 0 spiro atoms. The molecule has 4 rings (SSSR count). The molecule has 0 bridgehead atoms. The molecule has 2 heterocycles. The highest BCUT2D eigenvalue weighted by molar-refractivity contribution is 5.87. The van der Waals surface area contributed by atoms with E-state index in [0.717, 1.165) is 23.1 Å². The van der Waals surface area contributed by atoms with Crippen LogP contribution in [0, 0.1) is 5.92 Å². The number of amides is 3. The maximum atomic E-state index is 13.3. The third kappa shape index (κ3) is 5.51. The quantitative estimate of drug-likeness (QED) is 0.616. The molecule has 6 nitrogen and oxygen atoms in total. The minimum Gasteiger partial charge on any atom is -0.339 e. The van der Waals surface area contributed by atoms with Gasteiger partial charge in [-0.2, -0.15) is 0 Å². The van der Waals surface area contributed by atoms with Gasteiger partial charge in [0.2, 0.25) is 17.7 Å². The van der Waals surface area contributed by atoms with Crippen molar-refractivity contribution in [2.24, 2.45) is 5.92 Å². The molecule has 172 valence electrons. The van der Waals surface area contributed by atoms with Crippen LogP contribution in [-0.4, -0.2) is 71.7 Å². The Hall–Kier alpha value is -3.41. The first-order chi connectivity index (χ1) is 16.0. The Morgan fingerprint density at radius 1 is 0.970 bits per heavy atom. The van der Waals surface area contributed by atoms with Crippen LogP contribution in [0.25, 0.3) is 11.1 Å². The summed E-state index contributed by atoms with van der Waals surface area (Å²) in [6.07, 6.45) is 3.60. The van der Waals surface area contributed by atoms with Crippen LogP contribution in [0.5, 0.6) is 0 Å². The number of benzene rings is 2. The van der Waals surface area contributed by atoms with E-state index in [1.807, 2.05) is 30.3 Å². The van der Waals surface area contributed by atoms with Crippen molar-refractivity contribution in [3.05, 3.63) is 72.8 Å². The van der Waals surface area contributed by atoms with Crippen molar-refractivity contribution in [3.8, 4) is 11.1 Å². The zero-order valence-corrected chi connectivity index (χ0v) is 19.0. The Morgan fingerprint density at radius 2 is 1.76 bits per heavy atom. The van der Waals surface area contributed by atoms with Gasteiger partial charge in [0.15, 0.2) is 0 Å². The highest BCUT2D eigenvalue weighted by Gasteiger charge is 2.33.